The highest BCUT2D eigenvalue weighted by Gasteiger charge is 2.31. The Kier molecular flexibility index (Phi) is 4.53. The summed E-state index contributed by atoms with van der Waals surface area (Å²) in [6, 6.07) is 3.62. The van der Waals surface area contributed by atoms with Crippen LogP contribution in [0.15, 0.2) is 18.2 Å². The van der Waals surface area contributed by atoms with Gasteiger partial charge in [0.15, 0.2) is 0 Å². The molecule has 0 atom stereocenters. The monoisotopic (exact) mass is 263 g/mol. The normalized spacial score (nSPS) is 10.6. The van der Waals surface area contributed by atoms with Gasteiger partial charge in [-0.3, -0.25) is 0 Å². The van der Waals surface area contributed by atoms with Crippen LogP contribution < -0.4 is 10.5 Å². The van der Waals surface area contributed by atoms with Crippen LogP contribution in [0.25, 0.3) is 0 Å². The fourth-order valence-corrected chi connectivity index (χ4v) is 1.15. The molecule has 0 saturated carbocycles. The number of rotatable bonds is 2. The second kappa shape index (κ2) is 5.69. The summed E-state index contributed by atoms with van der Waals surface area (Å²) in [6.45, 7) is 0. The fraction of sp³-hybridized carbons (Fsp3) is 0.273. The molecule has 0 aromatic heterocycles. The Bertz CT molecular complexity index is 448. The lowest BCUT2D eigenvalue weighted by atomic mass is 10.2. The van der Waals surface area contributed by atoms with Crippen molar-refractivity contribution in [1.82, 2.24) is 0 Å². The van der Waals surface area contributed by atoms with Gasteiger partial charge < -0.3 is 10.5 Å². The van der Waals surface area contributed by atoms with Crippen molar-refractivity contribution in [2.45, 2.75) is 12.8 Å². The molecule has 0 aliphatic heterocycles. The summed E-state index contributed by atoms with van der Waals surface area (Å²) >= 11 is 5.43. The Balaban J connectivity index is 2.84. The molecule has 92 valence electrons. The van der Waals surface area contributed by atoms with Gasteiger partial charge in [-0.1, -0.05) is 11.8 Å². The van der Waals surface area contributed by atoms with Crippen molar-refractivity contribution >= 4 is 17.3 Å². The fourth-order valence-electron chi connectivity index (χ4n) is 1.06. The first kappa shape index (κ1) is 13.5. The molecule has 0 heterocycles. The van der Waals surface area contributed by atoms with Crippen molar-refractivity contribution in [1.29, 1.82) is 0 Å². The van der Waals surface area contributed by atoms with Crippen molar-refractivity contribution in [2.24, 2.45) is 0 Å². The lowest BCUT2D eigenvalue weighted by Gasteiger charge is -2.09. The van der Waals surface area contributed by atoms with E-state index in [-0.39, 0.29) is 11.4 Å². The lowest BCUT2D eigenvalue weighted by Crippen LogP contribution is -2.17. The molecule has 6 heteroatoms. The van der Waals surface area contributed by atoms with E-state index in [4.69, 9.17) is 17.3 Å². The molecule has 0 bridgehead atoms. The van der Waals surface area contributed by atoms with Gasteiger partial charge in [0, 0.05) is 23.9 Å². The summed E-state index contributed by atoms with van der Waals surface area (Å²) in [5.74, 6) is 5.47. The number of benzene rings is 1. The second-order valence-electron chi connectivity index (χ2n) is 3.04. The third-order valence-corrected chi connectivity index (χ3v) is 1.89. The van der Waals surface area contributed by atoms with Gasteiger partial charge in [-0.05, 0) is 12.1 Å². The van der Waals surface area contributed by atoms with E-state index in [1.54, 1.807) is 0 Å². The highest BCUT2D eigenvalue weighted by molar-refractivity contribution is 6.18. The molecule has 0 radical (unpaired) electrons. The molecule has 2 nitrogen and oxygen atoms in total. The number of nitrogen functional groups attached to an aromatic ring is 1. The summed E-state index contributed by atoms with van der Waals surface area (Å²) < 4.78 is 39.5. The van der Waals surface area contributed by atoms with Gasteiger partial charge in [-0.25, -0.2) is 0 Å². The maximum atomic E-state index is 11.9. The van der Waals surface area contributed by atoms with Gasteiger partial charge in [0.05, 0.1) is 5.69 Å². The van der Waals surface area contributed by atoms with E-state index in [1.807, 2.05) is 0 Å². The Labute approximate surface area is 102 Å². The number of nitrogens with two attached hydrogens (primary N) is 1. The topological polar surface area (TPSA) is 35.2 Å². The Morgan fingerprint density at radius 3 is 2.59 bits per heavy atom. The average molecular weight is 264 g/mol. The standard InChI is InChI=1S/C11H9ClF3NO/c12-6-2-1-3-8-4-5-9(7-10(8)16)17-11(13,14)15/h4-5,7H,2,6,16H2. The van der Waals surface area contributed by atoms with E-state index < -0.39 is 6.36 Å². The molecule has 0 spiro atoms. The van der Waals surface area contributed by atoms with Gasteiger partial charge in [0.1, 0.15) is 5.75 Å². The van der Waals surface area contributed by atoms with Crippen molar-refractivity contribution in [3.05, 3.63) is 23.8 Å². The Morgan fingerprint density at radius 2 is 2.06 bits per heavy atom. The Morgan fingerprint density at radius 1 is 1.35 bits per heavy atom. The first-order chi connectivity index (χ1) is 7.92. The number of ether oxygens (including phenoxy) is 1. The molecule has 0 aliphatic rings. The van der Waals surface area contributed by atoms with Gasteiger partial charge >= 0.3 is 6.36 Å². The first-order valence-electron chi connectivity index (χ1n) is 4.62. The quantitative estimate of drug-likeness (QED) is 0.505. The van der Waals surface area contributed by atoms with E-state index >= 15 is 0 Å². The van der Waals surface area contributed by atoms with Gasteiger partial charge in [-0.15, -0.1) is 24.8 Å². The number of hydrogen-bond acceptors (Lipinski definition) is 2. The summed E-state index contributed by atoms with van der Waals surface area (Å²) in [5.41, 5.74) is 6.12. The summed E-state index contributed by atoms with van der Waals surface area (Å²) in [7, 11) is 0. The minimum atomic E-state index is -4.72. The zero-order valence-electron chi connectivity index (χ0n) is 8.64. The van der Waals surface area contributed by atoms with Gasteiger partial charge in [-0.2, -0.15) is 0 Å². The molecule has 2 N–H and O–H groups in total. The van der Waals surface area contributed by atoms with Crippen LogP contribution in [0.1, 0.15) is 12.0 Å². The van der Waals surface area contributed by atoms with E-state index in [0.29, 0.717) is 17.9 Å². The first-order valence-corrected chi connectivity index (χ1v) is 5.16. The number of anilines is 1. The van der Waals surface area contributed by atoms with Crippen molar-refractivity contribution in [3.8, 4) is 17.6 Å². The van der Waals surface area contributed by atoms with Crippen molar-refractivity contribution in [3.63, 3.8) is 0 Å². The Hall–Kier alpha value is -1.54. The number of alkyl halides is 4. The average Bonchev–Trinajstić information content (AvgIpc) is 2.19. The van der Waals surface area contributed by atoms with Crippen LogP contribution in [-0.4, -0.2) is 12.2 Å². The highest BCUT2D eigenvalue weighted by Crippen LogP contribution is 2.25. The summed E-state index contributed by atoms with van der Waals surface area (Å²) in [6.07, 6.45) is -4.24. The van der Waals surface area contributed by atoms with Gasteiger partial charge in [0.25, 0.3) is 0 Å². The van der Waals surface area contributed by atoms with E-state index in [0.717, 1.165) is 12.1 Å². The third kappa shape index (κ3) is 4.87. The van der Waals surface area contributed by atoms with Gasteiger partial charge in [0.2, 0.25) is 0 Å². The lowest BCUT2D eigenvalue weighted by molar-refractivity contribution is -0.274. The number of hydrogen-bond donors (Lipinski definition) is 1. The van der Waals surface area contributed by atoms with E-state index in [2.05, 4.69) is 16.6 Å². The summed E-state index contributed by atoms with van der Waals surface area (Å²) in [5, 5.41) is 0. The zero-order chi connectivity index (χ0) is 12.9. The molecule has 0 amide bonds. The predicted molar refractivity (Wildman–Crippen MR) is 59.8 cm³/mol. The molecular formula is C11H9ClF3NO. The van der Waals surface area contributed by atoms with Crippen molar-refractivity contribution in [2.75, 3.05) is 11.6 Å². The summed E-state index contributed by atoms with van der Waals surface area (Å²) in [4.78, 5) is 0. The third-order valence-electron chi connectivity index (χ3n) is 1.70. The number of halogens is 4. The molecule has 17 heavy (non-hydrogen) atoms. The minimum Gasteiger partial charge on any atom is -0.406 e. The maximum absolute atomic E-state index is 11.9. The molecule has 1 aromatic carbocycles. The molecule has 0 fully saturated rings. The smallest absolute Gasteiger partial charge is 0.406 e. The van der Waals surface area contributed by atoms with Crippen LogP contribution in [-0.2, 0) is 0 Å². The van der Waals surface area contributed by atoms with Crippen LogP contribution in [0.2, 0.25) is 0 Å². The van der Waals surface area contributed by atoms with Crippen LogP contribution >= 0.6 is 11.6 Å². The maximum Gasteiger partial charge on any atom is 0.573 e. The second-order valence-corrected chi connectivity index (χ2v) is 3.42. The van der Waals surface area contributed by atoms with Crippen LogP contribution in [0.4, 0.5) is 18.9 Å². The largest absolute Gasteiger partial charge is 0.573 e. The zero-order valence-corrected chi connectivity index (χ0v) is 9.40. The molecule has 0 aliphatic carbocycles. The van der Waals surface area contributed by atoms with E-state index in [1.165, 1.54) is 6.07 Å². The highest BCUT2D eigenvalue weighted by atomic mass is 35.5. The molecule has 0 saturated heterocycles. The SMILES string of the molecule is Nc1cc(OC(F)(F)F)ccc1C#CCCCl. The molecule has 1 aromatic rings. The van der Waals surface area contributed by atoms with Crippen molar-refractivity contribution < 1.29 is 17.9 Å². The van der Waals surface area contributed by atoms with Crippen LogP contribution in [0, 0.1) is 11.8 Å². The van der Waals surface area contributed by atoms with Crippen LogP contribution in [0.3, 0.4) is 0 Å². The molecule has 0 unspecified atom stereocenters. The molecule has 1 rings (SSSR count). The predicted octanol–water partition coefficient (Wildman–Crippen LogP) is 3.15. The van der Waals surface area contributed by atoms with Crippen LogP contribution in [0.5, 0.6) is 5.75 Å². The molecular weight excluding hydrogens is 255 g/mol. The minimum absolute atomic E-state index is 0.133. The van der Waals surface area contributed by atoms with E-state index in [9.17, 15) is 13.2 Å².